The zero-order chi connectivity index (χ0) is 21.0. The smallest absolute Gasteiger partial charge is 0.159 e. The topological polar surface area (TPSA) is 70.3 Å². The summed E-state index contributed by atoms with van der Waals surface area (Å²) < 4.78 is 16.7. The van der Waals surface area contributed by atoms with Crippen LogP contribution in [0.15, 0.2) is 24.4 Å². The van der Waals surface area contributed by atoms with Crippen LogP contribution in [0, 0.1) is 13.8 Å². The van der Waals surface area contributed by atoms with Crippen LogP contribution in [0.5, 0.6) is 0 Å². The number of aliphatic hydroxyl groups is 1. The van der Waals surface area contributed by atoms with Crippen LogP contribution in [-0.2, 0) is 0 Å². The molecule has 2 saturated heterocycles. The number of hydrogen-bond donors (Lipinski definition) is 1. The lowest BCUT2D eigenvalue weighted by Gasteiger charge is -2.36. The number of benzene rings is 1. The first-order valence-electron chi connectivity index (χ1n) is 10.5. The number of halogens is 1. The molecule has 0 radical (unpaired) electrons. The van der Waals surface area contributed by atoms with Crippen molar-refractivity contribution >= 4 is 16.7 Å². The fraction of sp³-hybridized carbons (Fsp3) is 0.500. The molecule has 0 spiro atoms. The summed E-state index contributed by atoms with van der Waals surface area (Å²) in [4.78, 5) is 13.2. The monoisotopic (exact) mass is 410 g/mol. The van der Waals surface area contributed by atoms with Crippen LogP contribution in [0.25, 0.3) is 16.7 Å². The highest BCUT2D eigenvalue weighted by atomic mass is 19.1. The van der Waals surface area contributed by atoms with E-state index in [9.17, 15) is 9.50 Å². The van der Waals surface area contributed by atoms with Crippen LogP contribution in [0.3, 0.4) is 0 Å². The molecule has 8 heteroatoms. The van der Waals surface area contributed by atoms with Gasteiger partial charge in [-0.15, -0.1) is 0 Å². The fourth-order valence-electron chi connectivity index (χ4n) is 4.64. The largest absolute Gasteiger partial charge is 0.389 e. The van der Waals surface area contributed by atoms with Crippen molar-refractivity contribution in [2.24, 2.45) is 0 Å². The number of aryl methyl sites for hydroxylation is 2. The highest BCUT2D eigenvalue weighted by Crippen LogP contribution is 2.35. The van der Waals surface area contributed by atoms with E-state index in [2.05, 4.69) is 39.0 Å². The van der Waals surface area contributed by atoms with Crippen LogP contribution >= 0.6 is 0 Å². The van der Waals surface area contributed by atoms with E-state index in [-0.39, 0.29) is 12.0 Å². The molecule has 0 aliphatic carbocycles. The van der Waals surface area contributed by atoms with Gasteiger partial charge in [-0.05, 0) is 57.1 Å². The summed E-state index contributed by atoms with van der Waals surface area (Å²) in [6, 6.07) is 6.09. The summed E-state index contributed by atoms with van der Waals surface area (Å²) in [5.41, 5.74) is 3.09. The molecule has 3 aromatic rings. The first-order valence-corrected chi connectivity index (χ1v) is 10.5. The van der Waals surface area contributed by atoms with Crippen molar-refractivity contribution in [3.05, 3.63) is 41.3 Å². The molecule has 1 aromatic carbocycles. The maximum absolute atomic E-state index is 14.9. The molecule has 2 aliphatic heterocycles. The van der Waals surface area contributed by atoms with Gasteiger partial charge in [0.25, 0.3) is 0 Å². The Morgan fingerprint density at radius 3 is 2.57 bits per heavy atom. The third-order valence-electron chi connectivity index (χ3n) is 6.31. The van der Waals surface area contributed by atoms with Gasteiger partial charge in [0.05, 0.1) is 17.8 Å². The summed E-state index contributed by atoms with van der Waals surface area (Å²) in [6.45, 7) is 6.44. The Morgan fingerprint density at radius 2 is 1.83 bits per heavy atom. The molecule has 30 heavy (non-hydrogen) atoms. The van der Waals surface area contributed by atoms with Crippen molar-refractivity contribution in [1.82, 2.24) is 24.6 Å². The summed E-state index contributed by atoms with van der Waals surface area (Å²) in [5, 5.41) is 15.2. The third kappa shape index (κ3) is 3.33. The SMILES string of the molecule is Cc1nc(N2CC(O)C2)cc(-n2ncc3cc(C)c(C4CCN(C)CC4F)cc32)n1. The third-order valence-corrected chi connectivity index (χ3v) is 6.31. The van der Waals surface area contributed by atoms with Crippen molar-refractivity contribution < 1.29 is 9.50 Å². The zero-order valence-corrected chi connectivity index (χ0v) is 17.6. The molecule has 4 heterocycles. The van der Waals surface area contributed by atoms with E-state index < -0.39 is 6.17 Å². The van der Waals surface area contributed by atoms with Crippen molar-refractivity contribution in [2.45, 2.75) is 38.5 Å². The first kappa shape index (κ1) is 19.4. The average Bonchev–Trinajstić information content (AvgIpc) is 3.07. The van der Waals surface area contributed by atoms with Crippen LogP contribution in [-0.4, -0.2) is 75.3 Å². The van der Waals surface area contributed by atoms with Crippen LogP contribution < -0.4 is 4.90 Å². The quantitative estimate of drug-likeness (QED) is 0.715. The Hall–Kier alpha value is -2.58. The zero-order valence-electron chi connectivity index (χ0n) is 17.6. The molecule has 2 unspecified atom stereocenters. The Kier molecular flexibility index (Phi) is 4.71. The van der Waals surface area contributed by atoms with Gasteiger partial charge in [0.1, 0.15) is 17.8 Å². The number of aliphatic hydroxyl groups excluding tert-OH is 1. The molecule has 7 nitrogen and oxygen atoms in total. The van der Waals surface area contributed by atoms with Gasteiger partial charge in [0.2, 0.25) is 0 Å². The molecule has 2 aromatic heterocycles. The number of fused-ring (bicyclic) bond motifs is 1. The van der Waals surface area contributed by atoms with Crippen molar-refractivity contribution in [3.8, 4) is 5.82 Å². The van der Waals surface area contributed by atoms with Gasteiger partial charge >= 0.3 is 0 Å². The average molecular weight is 410 g/mol. The lowest BCUT2D eigenvalue weighted by atomic mass is 9.85. The lowest BCUT2D eigenvalue weighted by molar-refractivity contribution is 0.139. The number of rotatable bonds is 3. The Labute approximate surface area is 175 Å². The second-order valence-electron chi connectivity index (χ2n) is 8.69. The number of hydrogen-bond acceptors (Lipinski definition) is 6. The number of anilines is 1. The normalized spacial score (nSPS) is 23.2. The minimum Gasteiger partial charge on any atom is -0.389 e. The van der Waals surface area contributed by atoms with Crippen LogP contribution in [0.2, 0.25) is 0 Å². The van der Waals surface area contributed by atoms with E-state index in [4.69, 9.17) is 0 Å². The van der Waals surface area contributed by atoms with E-state index in [1.54, 1.807) is 0 Å². The van der Waals surface area contributed by atoms with Gasteiger partial charge in [0.15, 0.2) is 5.82 Å². The van der Waals surface area contributed by atoms with E-state index >= 15 is 0 Å². The van der Waals surface area contributed by atoms with E-state index in [1.807, 2.05) is 35.8 Å². The van der Waals surface area contributed by atoms with Crippen LogP contribution in [0.1, 0.15) is 29.3 Å². The molecule has 0 saturated carbocycles. The van der Waals surface area contributed by atoms with Gasteiger partial charge in [0, 0.05) is 37.0 Å². The molecule has 2 atom stereocenters. The lowest BCUT2D eigenvalue weighted by Crippen LogP contribution is -2.51. The number of likely N-dealkylation sites (tertiary alicyclic amines) is 1. The summed E-state index contributed by atoms with van der Waals surface area (Å²) in [5.74, 6) is 2.03. The maximum atomic E-state index is 14.9. The highest BCUT2D eigenvalue weighted by Gasteiger charge is 2.30. The number of alkyl halides is 1. The second-order valence-corrected chi connectivity index (χ2v) is 8.69. The molecule has 5 rings (SSSR count). The number of nitrogens with zero attached hydrogens (tertiary/aromatic N) is 6. The number of piperidine rings is 1. The van der Waals surface area contributed by atoms with Gasteiger partial charge in [-0.3, -0.25) is 0 Å². The van der Waals surface area contributed by atoms with Gasteiger partial charge in [-0.2, -0.15) is 5.10 Å². The van der Waals surface area contributed by atoms with Gasteiger partial charge in [-0.1, -0.05) is 0 Å². The molecular weight excluding hydrogens is 383 g/mol. The minimum atomic E-state index is -0.873. The maximum Gasteiger partial charge on any atom is 0.159 e. The van der Waals surface area contributed by atoms with Crippen molar-refractivity contribution in [3.63, 3.8) is 0 Å². The molecule has 1 N–H and O–H groups in total. The van der Waals surface area contributed by atoms with Crippen LogP contribution in [0.4, 0.5) is 10.2 Å². The van der Waals surface area contributed by atoms with Crippen molar-refractivity contribution in [1.29, 1.82) is 0 Å². The van der Waals surface area contributed by atoms with Gasteiger partial charge < -0.3 is 14.9 Å². The number of β-amino-alcohol motifs (C(OH)–C–C–N with tert-alkyl or cyclic N) is 1. The summed E-state index contributed by atoms with van der Waals surface area (Å²) in [6.07, 6.45) is 1.47. The van der Waals surface area contributed by atoms with Crippen molar-refractivity contribution in [2.75, 3.05) is 38.1 Å². The molecule has 2 fully saturated rings. The standard InChI is InChI=1S/C22H27FN6O/c1-13-6-15-9-24-29(20(15)7-18(13)17-4-5-27(3)12-19(17)23)22-8-21(25-14(2)26-22)28-10-16(30)11-28/h6-9,16-17,19,30H,4-5,10-12H2,1-3H3. The molecule has 2 aliphatic rings. The molecule has 0 amide bonds. The molecule has 158 valence electrons. The predicted octanol–water partition coefficient (Wildman–Crippen LogP) is 2.37. The molecular formula is C22H27FN6O. The predicted molar refractivity (Wildman–Crippen MR) is 114 cm³/mol. The minimum absolute atomic E-state index is 0.0979. The van der Waals surface area contributed by atoms with Gasteiger partial charge in [-0.25, -0.2) is 19.0 Å². The van der Waals surface area contributed by atoms with E-state index in [1.165, 1.54) is 0 Å². The Morgan fingerprint density at radius 1 is 1.07 bits per heavy atom. The Balaban J connectivity index is 1.56. The number of aromatic nitrogens is 4. The van der Waals surface area contributed by atoms with E-state index in [0.29, 0.717) is 31.3 Å². The highest BCUT2D eigenvalue weighted by molar-refractivity contribution is 5.82. The first-order chi connectivity index (χ1) is 14.4. The summed E-state index contributed by atoms with van der Waals surface area (Å²) >= 11 is 0. The fourth-order valence-corrected chi connectivity index (χ4v) is 4.64. The summed E-state index contributed by atoms with van der Waals surface area (Å²) in [7, 11) is 1.97. The second kappa shape index (κ2) is 7.28. The Bertz CT molecular complexity index is 1090. The van der Waals surface area contributed by atoms with E-state index in [0.717, 1.165) is 40.8 Å². The molecule has 0 bridgehead atoms.